The Balaban J connectivity index is 1.70. The van der Waals surface area contributed by atoms with Crippen LogP contribution >= 0.6 is 46.4 Å². The molecule has 2 aliphatic rings. The number of halogens is 4. The van der Waals surface area contributed by atoms with Crippen molar-refractivity contribution >= 4 is 81.1 Å². The van der Waals surface area contributed by atoms with E-state index in [2.05, 4.69) is 39.5 Å². The lowest BCUT2D eigenvalue weighted by molar-refractivity contribution is -0.141. The normalized spacial score (nSPS) is 17.1. The molecule has 2 heterocycles. The Bertz CT molecular complexity index is 1380. The molecule has 0 fully saturated rings. The predicted octanol–water partition coefficient (Wildman–Crippen LogP) is 7.14. The molecule has 2 aliphatic heterocycles. The Morgan fingerprint density at radius 1 is 0.732 bits per heavy atom. The van der Waals surface area contributed by atoms with Gasteiger partial charge < -0.3 is 29.1 Å². The van der Waals surface area contributed by atoms with Gasteiger partial charge in [0.2, 0.25) is 0 Å². The third-order valence-electron chi connectivity index (χ3n) is 6.87. The third kappa shape index (κ3) is 6.67. The molecule has 41 heavy (non-hydrogen) atoms. The van der Waals surface area contributed by atoms with Crippen LogP contribution in [-0.4, -0.2) is 57.5 Å². The standard InChI is InChI=1S/C29H32Cl4N4O4/c1-5-34-24-14-20(30)22(32)16-26(24)36(10-12-40-18(3)38)28(34)8-7-9-29-35(6-2)25-15-21(31)23(33)17-27(25)37(29)11-13-41-19(4)39/h7-9,14-17,28H,5-6,10-13H2,1-4H3. The van der Waals surface area contributed by atoms with Gasteiger partial charge in [0, 0.05) is 26.9 Å². The Kier molecular flexibility index (Phi) is 10.2. The monoisotopic (exact) mass is 640 g/mol. The lowest BCUT2D eigenvalue weighted by atomic mass is 10.2. The Hall–Kier alpha value is -2.78. The van der Waals surface area contributed by atoms with Crippen molar-refractivity contribution in [2.45, 2.75) is 33.9 Å². The minimum atomic E-state index is -0.342. The van der Waals surface area contributed by atoms with Gasteiger partial charge in [0.15, 0.2) is 0 Å². The van der Waals surface area contributed by atoms with Gasteiger partial charge in [-0.1, -0.05) is 52.5 Å². The average molecular weight is 642 g/mol. The summed E-state index contributed by atoms with van der Waals surface area (Å²) in [5.74, 6) is 0.212. The first kappa shape index (κ1) is 31.2. The molecule has 0 spiro atoms. The highest BCUT2D eigenvalue weighted by atomic mass is 35.5. The maximum Gasteiger partial charge on any atom is 0.302 e. The number of anilines is 4. The SMILES string of the molecule is CCN1C(=CC=CC2N(CC)c3cc(Cl)c(Cl)cc3N2CCOC(C)=O)N(CCOC(C)=O)c2cc(Cl)c(Cl)cc21. The summed E-state index contributed by atoms with van der Waals surface area (Å²) in [6.45, 7) is 9.61. The molecular weight excluding hydrogens is 610 g/mol. The van der Waals surface area contributed by atoms with E-state index in [4.69, 9.17) is 55.9 Å². The molecule has 0 N–H and O–H groups in total. The number of benzene rings is 2. The summed E-state index contributed by atoms with van der Waals surface area (Å²) in [4.78, 5) is 31.4. The van der Waals surface area contributed by atoms with E-state index in [-0.39, 0.29) is 31.3 Å². The average Bonchev–Trinajstić information content (AvgIpc) is 3.34. The summed E-state index contributed by atoms with van der Waals surface area (Å²) in [6, 6.07) is 7.39. The van der Waals surface area contributed by atoms with E-state index < -0.39 is 0 Å². The van der Waals surface area contributed by atoms with Crippen molar-refractivity contribution in [1.29, 1.82) is 0 Å². The lowest BCUT2D eigenvalue weighted by Gasteiger charge is -2.30. The number of likely N-dealkylation sites (N-methyl/N-ethyl adjacent to an activating group) is 1. The Labute approximate surface area is 260 Å². The molecule has 0 saturated carbocycles. The van der Waals surface area contributed by atoms with Crippen LogP contribution in [0, 0.1) is 0 Å². The second-order valence-electron chi connectivity index (χ2n) is 9.39. The molecule has 0 aliphatic carbocycles. The van der Waals surface area contributed by atoms with Gasteiger partial charge in [0.1, 0.15) is 25.2 Å². The summed E-state index contributed by atoms with van der Waals surface area (Å²) < 4.78 is 10.5. The van der Waals surface area contributed by atoms with Crippen molar-refractivity contribution in [3.63, 3.8) is 0 Å². The number of nitrogens with zero attached hydrogens (tertiary/aromatic N) is 4. The van der Waals surface area contributed by atoms with Gasteiger partial charge in [-0.05, 0) is 50.3 Å². The van der Waals surface area contributed by atoms with Crippen molar-refractivity contribution in [3.05, 3.63) is 68.4 Å². The molecular formula is C29H32Cl4N4O4. The molecule has 0 saturated heterocycles. The molecule has 0 amide bonds. The van der Waals surface area contributed by atoms with Gasteiger partial charge in [-0.15, -0.1) is 0 Å². The quantitative estimate of drug-likeness (QED) is 0.254. The zero-order valence-corrected chi connectivity index (χ0v) is 26.3. The number of carbonyl (C=O) groups excluding carboxylic acids is 2. The third-order valence-corrected chi connectivity index (χ3v) is 8.31. The fraction of sp³-hybridized carbons (Fsp3) is 0.379. The van der Waals surface area contributed by atoms with Crippen LogP contribution in [0.4, 0.5) is 22.7 Å². The number of hydrogen-bond donors (Lipinski definition) is 0. The Morgan fingerprint density at radius 2 is 1.22 bits per heavy atom. The van der Waals surface area contributed by atoms with Crippen molar-refractivity contribution in [1.82, 2.24) is 0 Å². The van der Waals surface area contributed by atoms with Crippen LogP contribution in [0.15, 0.2) is 48.3 Å². The number of ether oxygens (including phenoxy) is 2. The fourth-order valence-electron chi connectivity index (χ4n) is 5.16. The van der Waals surface area contributed by atoms with Crippen LogP contribution in [-0.2, 0) is 19.1 Å². The Morgan fingerprint density at radius 3 is 1.73 bits per heavy atom. The minimum Gasteiger partial charge on any atom is -0.464 e. The van der Waals surface area contributed by atoms with E-state index in [9.17, 15) is 9.59 Å². The molecule has 0 aromatic heterocycles. The molecule has 4 rings (SSSR count). The topological polar surface area (TPSA) is 65.6 Å². The molecule has 1 unspecified atom stereocenters. The maximum absolute atomic E-state index is 11.5. The first-order chi connectivity index (χ1) is 19.6. The highest BCUT2D eigenvalue weighted by Gasteiger charge is 2.35. The van der Waals surface area contributed by atoms with Gasteiger partial charge in [0.05, 0.1) is 55.9 Å². The van der Waals surface area contributed by atoms with E-state index >= 15 is 0 Å². The molecule has 0 radical (unpaired) electrons. The summed E-state index contributed by atoms with van der Waals surface area (Å²) in [5.41, 5.74) is 3.65. The largest absolute Gasteiger partial charge is 0.464 e. The minimum absolute atomic E-state index is 0.186. The van der Waals surface area contributed by atoms with Crippen molar-refractivity contribution in [2.75, 3.05) is 59.0 Å². The number of allylic oxidation sites excluding steroid dienone is 2. The summed E-state index contributed by atoms with van der Waals surface area (Å²) in [7, 11) is 0. The smallest absolute Gasteiger partial charge is 0.302 e. The highest BCUT2D eigenvalue weighted by Crippen LogP contribution is 2.46. The number of rotatable bonds is 10. The zero-order valence-electron chi connectivity index (χ0n) is 23.3. The second-order valence-corrected chi connectivity index (χ2v) is 11.0. The summed E-state index contributed by atoms with van der Waals surface area (Å²) >= 11 is 25.6. The van der Waals surface area contributed by atoms with E-state index in [1.165, 1.54) is 13.8 Å². The van der Waals surface area contributed by atoms with Crippen LogP contribution < -0.4 is 19.6 Å². The molecule has 8 nitrogen and oxygen atoms in total. The summed E-state index contributed by atoms with van der Waals surface area (Å²) in [6.07, 6.45) is 5.90. The maximum atomic E-state index is 11.5. The van der Waals surface area contributed by atoms with Gasteiger partial charge in [-0.3, -0.25) is 9.59 Å². The van der Waals surface area contributed by atoms with E-state index in [0.717, 1.165) is 28.6 Å². The first-order valence-electron chi connectivity index (χ1n) is 13.3. The van der Waals surface area contributed by atoms with Crippen LogP contribution in [0.3, 0.4) is 0 Å². The number of carbonyl (C=O) groups is 2. The molecule has 220 valence electrons. The van der Waals surface area contributed by atoms with Gasteiger partial charge in [-0.2, -0.15) is 0 Å². The molecule has 0 bridgehead atoms. The van der Waals surface area contributed by atoms with Crippen LogP contribution in [0.2, 0.25) is 20.1 Å². The first-order valence-corrected chi connectivity index (χ1v) is 14.8. The van der Waals surface area contributed by atoms with Crippen molar-refractivity contribution in [3.8, 4) is 0 Å². The molecule has 2 aromatic rings. The van der Waals surface area contributed by atoms with Crippen LogP contribution in [0.25, 0.3) is 0 Å². The van der Waals surface area contributed by atoms with Crippen molar-refractivity contribution in [2.24, 2.45) is 0 Å². The van der Waals surface area contributed by atoms with E-state index in [1.807, 2.05) is 36.4 Å². The number of hydrogen-bond acceptors (Lipinski definition) is 8. The van der Waals surface area contributed by atoms with Crippen molar-refractivity contribution < 1.29 is 19.1 Å². The van der Waals surface area contributed by atoms with E-state index in [1.54, 1.807) is 0 Å². The fourth-order valence-corrected chi connectivity index (χ4v) is 5.80. The molecule has 1 atom stereocenters. The highest BCUT2D eigenvalue weighted by molar-refractivity contribution is 6.43. The second kappa shape index (κ2) is 13.5. The molecule has 2 aromatic carbocycles. The number of fused-ring (bicyclic) bond motifs is 2. The predicted molar refractivity (Wildman–Crippen MR) is 168 cm³/mol. The van der Waals surface area contributed by atoms with Gasteiger partial charge >= 0.3 is 11.9 Å². The van der Waals surface area contributed by atoms with E-state index in [0.29, 0.717) is 46.3 Å². The van der Waals surface area contributed by atoms with Crippen LogP contribution in [0.5, 0.6) is 0 Å². The molecule has 12 heteroatoms. The summed E-state index contributed by atoms with van der Waals surface area (Å²) in [5, 5.41) is 1.83. The zero-order chi connectivity index (χ0) is 29.8. The number of esters is 2. The van der Waals surface area contributed by atoms with Gasteiger partial charge in [0.25, 0.3) is 0 Å². The van der Waals surface area contributed by atoms with Crippen LogP contribution in [0.1, 0.15) is 27.7 Å². The van der Waals surface area contributed by atoms with Gasteiger partial charge in [-0.25, -0.2) is 0 Å². The lowest BCUT2D eigenvalue weighted by Crippen LogP contribution is -2.43.